The Balaban J connectivity index is 2.01. The molecule has 0 saturated carbocycles. The fourth-order valence-corrected chi connectivity index (χ4v) is 2.32. The molecule has 1 fully saturated rings. The third-order valence-corrected chi connectivity index (χ3v) is 3.45. The monoisotopic (exact) mass is 278 g/mol. The van der Waals surface area contributed by atoms with Gasteiger partial charge in [-0.05, 0) is 25.0 Å². The third kappa shape index (κ3) is 3.33. The Bertz CT molecular complexity index is 496. The summed E-state index contributed by atoms with van der Waals surface area (Å²) in [5.74, 6) is -1.27. The number of rotatable bonds is 4. The zero-order chi connectivity index (χ0) is 14.5. The molecular formula is C14H18N2O4. The number of carbonyl (C=O) groups excluding carboxylic acids is 1. The molecule has 0 unspecified atom stereocenters. The van der Waals surface area contributed by atoms with Crippen LogP contribution in [-0.4, -0.2) is 47.1 Å². The van der Waals surface area contributed by atoms with E-state index in [-0.39, 0.29) is 11.8 Å². The molecule has 6 nitrogen and oxygen atoms in total. The maximum Gasteiger partial charge on any atom is 0.306 e. The highest BCUT2D eigenvalue weighted by molar-refractivity contribution is 5.92. The summed E-state index contributed by atoms with van der Waals surface area (Å²) in [4.78, 5) is 29.1. The van der Waals surface area contributed by atoms with Gasteiger partial charge in [-0.3, -0.25) is 9.59 Å². The number of aliphatic carboxylic acids is 1. The van der Waals surface area contributed by atoms with Gasteiger partial charge in [-0.1, -0.05) is 6.07 Å². The number of piperidine rings is 1. The molecule has 6 heteroatoms. The minimum absolute atomic E-state index is 0.146. The Kier molecular flexibility index (Phi) is 4.68. The molecule has 1 aromatic rings. The summed E-state index contributed by atoms with van der Waals surface area (Å²) >= 11 is 0. The van der Waals surface area contributed by atoms with Crippen LogP contribution >= 0.6 is 0 Å². The van der Waals surface area contributed by atoms with Crippen molar-refractivity contribution in [2.24, 2.45) is 5.92 Å². The average Bonchev–Trinajstić information content (AvgIpc) is 2.47. The topological polar surface area (TPSA) is 79.7 Å². The van der Waals surface area contributed by atoms with Gasteiger partial charge in [-0.15, -0.1) is 0 Å². The Labute approximate surface area is 117 Å². The summed E-state index contributed by atoms with van der Waals surface area (Å²) in [6.45, 7) is 1.29. The van der Waals surface area contributed by atoms with Crippen LogP contribution in [0, 0.1) is 5.92 Å². The van der Waals surface area contributed by atoms with Gasteiger partial charge >= 0.3 is 5.97 Å². The van der Waals surface area contributed by atoms with Gasteiger partial charge in [-0.2, -0.15) is 0 Å². The van der Waals surface area contributed by atoms with Crippen molar-refractivity contribution in [3.63, 3.8) is 0 Å². The molecule has 0 bridgehead atoms. The van der Waals surface area contributed by atoms with Gasteiger partial charge in [0.25, 0.3) is 5.91 Å². The molecular weight excluding hydrogens is 260 g/mol. The van der Waals surface area contributed by atoms with Gasteiger partial charge in [0.1, 0.15) is 5.69 Å². The van der Waals surface area contributed by atoms with Crippen LogP contribution in [0.1, 0.15) is 29.0 Å². The molecule has 1 saturated heterocycles. The largest absolute Gasteiger partial charge is 0.481 e. The van der Waals surface area contributed by atoms with Gasteiger partial charge < -0.3 is 14.7 Å². The van der Waals surface area contributed by atoms with Crippen molar-refractivity contribution in [2.75, 3.05) is 20.2 Å². The van der Waals surface area contributed by atoms with Gasteiger partial charge in [0, 0.05) is 20.2 Å². The van der Waals surface area contributed by atoms with Crippen LogP contribution in [0.15, 0.2) is 18.2 Å². The zero-order valence-electron chi connectivity index (χ0n) is 11.4. The van der Waals surface area contributed by atoms with E-state index in [1.165, 1.54) is 0 Å². The number of carboxylic acid groups (broad SMARTS) is 1. The van der Waals surface area contributed by atoms with Crippen LogP contribution in [-0.2, 0) is 16.1 Å². The van der Waals surface area contributed by atoms with E-state index in [1.807, 2.05) is 0 Å². The lowest BCUT2D eigenvalue weighted by atomic mass is 9.97. The smallest absolute Gasteiger partial charge is 0.306 e. The van der Waals surface area contributed by atoms with Crippen LogP contribution < -0.4 is 0 Å². The van der Waals surface area contributed by atoms with E-state index >= 15 is 0 Å². The molecule has 1 N–H and O–H groups in total. The molecule has 1 aliphatic heterocycles. The van der Waals surface area contributed by atoms with Crippen LogP contribution in [0.3, 0.4) is 0 Å². The normalized spacial score (nSPS) is 16.1. The number of hydrogen-bond acceptors (Lipinski definition) is 4. The number of pyridine rings is 1. The number of ether oxygens (including phenoxy) is 1. The molecule has 0 aromatic carbocycles. The Morgan fingerprint density at radius 2 is 2.10 bits per heavy atom. The number of carbonyl (C=O) groups is 2. The molecule has 1 aliphatic rings. The lowest BCUT2D eigenvalue weighted by molar-refractivity contribution is -0.143. The first kappa shape index (κ1) is 14.5. The van der Waals surface area contributed by atoms with E-state index in [9.17, 15) is 9.59 Å². The van der Waals surface area contributed by atoms with Gasteiger partial charge in [0.05, 0.1) is 18.2 Å². The number of aromatic nitrogens is 1. The summed E-state index contributed by atoms with van der Waals surface area (Å²) in [5.41, 5.74) is 1.09. The molecule has 0 aliphatic carbocycles. The Morgan fingerprint density at radius 3 is 2.70 bits per heavy atom. The van der Waals surface area contributed by atoms with Gasteiger partial charge in [-0.25, -0.2) is 4.98 Å². The SMILES string of the molecule is COCc1cccc(C(=O)N2CCC(C(=O)O)CC2)n1. The van der Waals surface area contributed by atoms with Crippen LogP contribution in [0.25, 0.3) is 0 Å². The first-order valence-corrected chi connectivity index (χ1v) is 6.58. The lowest BCUT2D eigenvalue weighted by Gasteiger charge is -2.29. The molecule has 2 rings (SSSR count). The second-order valence-electron chi connectivity index (χ2n) is 4.85. The summed E-state index contributed by atoms with van der Waals surface area (Å²) in [5, 5.41) is 8.95. The fourth-order valence-electron chi connectivity index (χ4n) is 2.32. The minimum Gasteiger partial charge on any atom is -0.481 e. The summed E-state index contributed by atoms with van der Waals surface area (Å²) in [6.07, 6.45) is 0.998. The van der Waals surface area contributed by atoms with Crippen molar-refractivity contribution in [3.05, 3.63) is 29.6 Å². The van der Waals surface area contributed by atoms with Crippen molar-refractivity contribution in [1.82, 2.24) is 9.88 Å². The van der Waals surface area contributed by atoms with Crippen molar-refractivity contribution in [3.8, 4) is 0 Å². The van der Waals surface area contributed by atoms with E-state index in [2.05, 4.69) is 4.98 Å². The van der Waals surface area contributed by atoms with Gasteiger partial charge in [0.2, 0.25) is 0 Å². The van der Waals surface area contributed by atoms with E-state index in [1.54, 1.807) is 30.2 Å². The van der Waals surface area contributed by atoms with Crippen molar-refractivity contribution in [2.45, 2.75) is 19.4 Å². The molecule has 2 heterocycles. The highest BCUT2D eigenvalue weighted by atomic mass is 16.5. The number of methoxy groups -OCH3 is 1. The quantitative estimate of drug-likeness (QED) is 0.894. The Hall–Kier alpha value is -1.95. The number of nitrogens with zero attached hydrogens (tertiary/aromatic N) is 2. The molecule has 1 amide bonds. The molecule has 0 spiro atoms. The van der Waals surface area contributed by atoms with Crippen molar-refractivity contribution in [1.29, 1.82) is 0 Å². The maximum atomic E-state index is 12.3. The lowest BCUT2D eigenvalue weighted by Crippen LogP contribution is -2.40. The highest BCUT2D eigenvalue weighted by Gasteiger charge is 2.27. The predicted octanol–water partition coefficient (Wildman–Crippen LogP) is 1.16. The van der Waals surface area contributed by atoms with Crippen LogP contribution in [0.2, 0.25) is 0 Å². The predicted molar refractivity (Wildman–Crippen MR) is 71.2 cm³/mol. The number of amides is 1. The van der Waals surface area contributed by atoms with Crippen molar-refractivity contribution >= 4 is 11.9 Å². The summed E-state index contributed by atoms with van der Waals surface area (Å²) in [6, 6.07) is 5.25. The fraction of sp³-hybridized carbons (Fsp3) is 0.500. The number of hydrogen-bond donors (Lipinski definition) is 1. The molecule has 1 aromatic heterocycles. The number of carboxylic acids is 1. The minimum atomic E-state index is -0.780. The van der Waals surface area contributed by atoms with Crippen molar-refractivity contribution < 1.29 is 19.4 Å². The molecule has 20 heavy (non-hydrogen) atoms. The van der Waals surface area contributed by atoms with Crippen LogP contribution in [0.5, 0.6) is 0 Å². The molecule has 0 atom stereocenters. The van der Waals surface area contributed by atoms with E-state index in [4.69, 9.17) is 9.84 Å². The maximum absolute atomic E-state index is 12.3. The summed E-state index contributed by atoms with van der Waals surface area (Å²) < 4.78 is 5.00. The second-order valence-corrected chi connectivity index (χ2v) is 4.85. The van der Waals surface area contributed by atoms with Crippen LogP contribution in [0.4, 0.5) is 0 Å². The standard InChI is InChI=1S/C14H18N2O4/c1-20-9-11-3-2-4-12(15-11)13(17)16-7-5-10(6-8-16)14(18)19/h2-4,10H,5-9H2,1H3,(H,18,19). The van der Waals surface area contributed by atoms with Gasteiger partial charge in [0.15, 0.2) is 0 Å². The first-order chi connectivity index (χ1) is 9.61. The average molecular weight is 278 g/mol. The summed E-state index contributed by atoms with van der Waals surface area (Å²) in [7, 11) is 1.58. The first-order valence-electron chi connectivity index (χ1n) is 6.58. The zero-order valence-corrected chi connectivity index (χ0v) is 11.4. The molecule has 0 radical (unpaired) electrons. The van der Waals surface area contributed by atoms with E-state index in [0.29, 0.717) is 43.9 Å². The van der Waals surface area contributed by atoms with E-state index < -0.39 is 5.97 Å². The second kappa shape index (κ2) is 6.47. The number of likely N-dealkylation sites (tertiary alicyclic amines) is 1. The highest BCUT2D eigenvalue weighted by Crippen LogP contribution is 2.18. The Morgan fingerprint density at radius 1 is 1.40 bits per heavy atom. The van der Waals surface area contributed by atoms with E-state index in [0.717, 1.165) is 0 Å². The molecule has 108 valence electrons. The third-order valence-electron chi connectivity index (χ3n) is 3.45.